The van der Waals surface area contributed by atoms with E-state index in [1.165, 1.54) is 6.20 Å². The largest absolute Gasteiger partial charge is 0.345 e. The van der Waals surface area contributed by atoms with Crippen LogP contribution in [0.3, 0.4) is 0 Å². The molecule has 0 aliphatic heterocycles. The average Bonchev–Trinajstić information content (AvgIpc) is 2.76. The topological polar surface area (TPSA) is 70.7 Å². The fourth-order valence-corrected chi connectivity index (χ4v) is 1.57. The van der Waals surface area contributed by atoms with Crippen molar-refractivity contribution in [2.24, 2.45) is 0 Å². The van der Waals surface area contributed by atoms with Crippen LogP contribution in [0.25, 0.3) is 0 Å². The number of pyridine rings is 1. The highest BCUT2D eigenvalue weighted by atomic mass is 16.1. The highest BCUT2D eigenvalue weighted by molar-refractivity contribution is 5.95. The maximum atomic E-state index is 11.9. The van der Waals surface area contributed by atoms with Crippen LogP contribution in [0, 0.1) is 6.92 Å². The van der Waals surface area contributed by atoms with Crippen LogP contribution in [0.5, 0.6) is 0 Å². The number of carbonyl (C=O) groups excluding carboxylic acids is 1. The first kappa shape index (κ1) is 11.3. The monoisotopic (exact) mass is 230 g/mol. The molecule has 0 bridgehead atoms. The van der Waals surface area contributed by atoms with Crippen molar-refractivity contribution in [2.45, 2.75) is 19.9 Å². The Morgan fingerprint density at radius 2 is 2.29 bits per heavy atom. The molecule has 1 unspecified atom stereocenters. The lowest BCUT2D eigenvalue weighted by Gasteiger charge is -2.13. The Morgan fingerprint density at radius 1 is 1.47 bits per heavy atom. The highest BCUT2D eigenvalue weighted by Gasteiger charge is 2.14. The Morgan fingerprint density at radius 3 is 2.88 bits per heavy atom. The second-order valence-corrected chi connectivity index (χ2v) is 3.89. The van der Waals surface area contributed by atoms with Crippen molar-refractivity contribution in [3.05, 3.63) is 47.5 Å². The Kier molecular flexibility index (Phi) is 3.18. The lowest BCUT2D eigenvalue weighted by atomic mass is 10.1. The number of aromatic nitrogens is 3. The fourth-order valence-electron chi connectivity index (χ4n) is 1.57. The number of hydrogen-bond acceptors (Lipinski definition) is 3. The molecule has 5 nitrogen and oxygen atoms in total. The standard InChI is InChI=1S/C12H14N4O/c1-8(10-4-3-5-13-6-10)15-12(17)11-7-14-16-9(11)2/h3-8H,1-2H3,(H,14,16)(H,15,17). The summed E-state index contributed by atoms with van der Waals surface area (Å²) in [5.74, 6) is -0.132. The molecule has 0 aromatic carbocycles. The summed E-state index contributed by atoms with van der Waals surface area (Å²) in [5, 5.41) is 9.46. The molecule has 2 N–H and O–H groups in total. The smallest absolute Gasteiger partial charge is 0.255 e. The van der Waals surface area contributed by atoms with Gasteiger partial charge < -0.3 is 5.32 Å². The van der Waals surface area contributed by atoms with E-state index < -0.39 is 0 Å². The minimum atomic E-state index is -0.132. The molecule has 2 aromatic heterocycles. The van der Waals surface area contributed by atoms with Crippen LogP contribution in [0.1, 0.15) is 34.6 Å². The average molecular weight is 230 g/mol. The number of aromatic amines is 1. The quantitative estimate of drug-likeness (QED) is 0.841. The number of amides is 1. The number of nitrogens with zero attached hydrogens (tertiary/aromatic N) is 2. The van der Waals surface area contributed by atoms with E-state index >= 15 is 0 Å². The lowest BCUT2D eigenvalue weighted by Crippen LogP contribution is -2.26. The molecule has 0 spiro atoms. The Balaban J connectivity index is 2.08. The molecule has 2 rings (SSSR count). The third kappa shape index (κ3) is 2.50. The molecule has 88 valence electrons. The fraction of sp³-hybridized carbons (Fsp3) is 0.250. The van der Waals surface area contributed by atoms with Gasteiger partial charge in [-0.2, -0.15) is 5.10 Å². The number of hydrogen-bond donors (Lipinski definition) is 2. The Hall–Kier alpha value is -2.17. The van der Waals surface area contributed by atoms with E-state index in [4.69, 9.17) is 0 Å². The van der Waals surface area contributed by atoms with Gasteiger partial charge in [-0.3, -0.25) is 14.9 Å². The normalized spacial score (nSPS) is 12.1. The zero-order valence-electron chi connectivity index (χ0n) is 9.77. The van der Waals surface area contributed by atoms with Gasteiger partial charge in [0.25, 0.3) is 5.91 Å². The van der Waals surface area contributed by atoms with Gasteiger partial charge in [-0.15, -0.1) is 0 Å². The summed E-state index contributed by atoms with van der Waals surface area (Å²) in [5.41, 5.74) is 2.31. The van der Waals surface area contributed by atoms with Crippen LogP contribution in [-0.2, 0) is 0 Å². The minimum absolute atomic E-state index is 0.0782. The number of H-pyrrole nitrogens is 1. The van der Waals surface area contributed by atoms with E-state index in [0.717, 1.165) is 11.3 Å². The predicted molar refractivity (Wildman–Crippen MR) is 63.4 cm³/mol. The van der Waals surface area contributed by atoms with E-state index in [9.17, 15) is 4.79 Å². The third-order valence-electron chi connectivity index (χ3n) is 2.61. The summed E-state index contributed by atoms with van der Waals surface area (Å²) < 4.78 is 0. The van der Waals surface area contributed by atoms with Gasteiger partial charge in [0.1, 0.15) is 0 Å². The molecule has 0 aliphatic rings. The van der Waals surface area contributed by atoms with Gasteiger partial charge in [-0.1, -0.05) is 6.07 Å². The van der Waals surface area contributed by atoms with Crippen molar-refractivity contribution >= 4 is 5.91 Å². The second-order valence-electron chi connectivity index (χ2n) is 3.89. The molecule has 2 heterocycles. The van der Waals surface area contributed by atoms with Crippen LogP contribution in [-0.4, -0.2) is 21.1 Å². The highest BCUT2D eigenvalue weighted by Crippen LogP contribution is 2.11. The van der Waals surface area contributed by atoms with Crippen molar-refractivity contribution in [2.75, 3.05) is 0 Å². The number of nitrogens with one attached hydrogen (secondary N) is 2. The zero-order chi connectivity index (χ0) is 12.3. The first-order chi connectivity index (χ1) is 8.18. The lowest BCUT2D eigenvalue weighted by molar-refractivity contribution is 0.0939. The second kappa shape index (κ2) is 4.78. The molecule has 0 saturated heterocycles. The van der Waals surface area contributed by atoms with Gasteiger partial charge in [-0.05, 0) is 25.5 Å². The molecule has 0 saturated carbocycles. The number of aryl methyl sites for hydroxylation is 1. The number of carbonyl (C=O) groups is 1. The molecule has 0 aliphatic carbocycles. The van der Waals surface area contributed by atoms with Crippen LogP contribution in [0.2, 0.25) is 0 Å². The maximum Gasteiger partial charge on any atom is 0.255 e. The minimum Gasteiger partial charge on any atom is -0.345 e. The summed E-state index contributed by atoms with van der Waals surface area (Å²) in [6.07, 6.45) is 4.98. The van der Waals surface area contributed by atoms with E-state index in [2.05, 4.69) is 20.5 Å². The maximum absolute atomic E-state index is 11.9. The van der Waals surface area contributed by atoms with Gasteiger partial charge in [-0.25, -0.2) is 0 Å². The molecule has 0 fully saturated rings. The molecular weight excluding hydrogens is 216 g/mol. The van der Waals surface area contributed by atoms with Crippen molar-refractivity contribution in [1.82, 2.24) is 20.5 Å². The summed E-state index contributed by atoms with van der Waals surface area (Å²) in [6, 6.07) is 3.70. The number of rotatable bonds is 3. The molecular formula is C12H14N4O. The Bertz CT molecular complexity index is 506. The van der Waals surface area contributed by atoms with Crippen molar-refractivity contribution in [3.63, 3.8) is 0 Å². The van der Waals surface area contributed by atoms with Gasteiger partial charge in [0.05, 0.1) is 17.8 Å². The van der Waals surface area contributed by atoms with Gasteiger partial charge in [0.15, 0.2) is 0 Å². The van der Waals surface area contributed by atoms with Crippen LogP contribution < -0.4 is 5.32 Å². The van der Waals surface area contributed by atoms with Crippen molar-refractivity contribution in [1.29, 1.82) is 0 Å². The van der Waals surface area contributed by atoms with Crippen LogP contribution in [0.4, 0.5) is 0 Å². The molecule has 0 radical (unpaired) electrons. The first-order valence-electron chi connectivity index (χ1n) is 5.39. The van der Waals surface area contributed by atoms with Gasteiger partial charge in [0, 0.05) is 18.1 Å². The Labute approximate surface area is 99.3 Å². The molecule has 1 amide bonds. The molecule has 1 atom stereocenters. The third-order valence-corrected chi connectivity index (χ3v) is 2.61. The van der Waals surface area contributed by atoms with E-state index in [0.29, 0.717) is 5.56 Å². The van der Waals surface area contributed by atoms with Gasteiger partial charge in [0.2, 0.25) is 0 Å². The molecule has 17 heavy (non-hydrogen) atoms. The zero-order valence-corrected chi connectivity index (χ0v) is 9.77. The summed E-state index contributed by atoms with van der Waals surface area (Å²) >= 11 is 0. The summed E-state index contributed by atoms with van der Waals surface area (Å²) in [4.78, 5) is 15.9. The van der Waals surface area contributed by atoms with E-state index in [1.54, 1.807) is 12.4 Å². The van der Waals surface area contributed by atoms with Crippen molar-refractivity contribution < 1.29 is 4.79 Å². The van der Waals surface area contributed by atoms with E-state index in [1.807, 2.05) is 26.0 Å². The predicted octanol–water partition coefficient (Wildman–Crippen LogP) is 1.60. The van der Waals surface area contributed by atoms with Crippen LogP contribution >= 0.6 is 0 Å². The molecule has 2 aromatic rings. The SMILES string of the molecule is Cc1[nH]ncc1C(=O)NC(C)c1cccnc1. The van der Waals surface area contributed by atoms with Crippen LogP contribution in [0.15, 0.2) is 30.7 Å². The summed E-state index contributed by atoms with van der Waals surface area (Å²) in [6.45, 7) is 3.74. The van der Waals surface area contributed by atoms with E-state index in [-0.39, 0.29) is 11.9 Å². The summed E-state index contributed by atoms with van der Waals surface area (Å²) in [7, 11) is 0. The van der Waals surface area contributed by atoms with Gasteiger partial charge >= 0.3 is 0 Å². The van der Waals surface area contributed by atoms with Crippen molar-refractivity contribution in [3.8, 4) is 0 Å². The first-order valence-corrected chi connectivity index (χ1v) is 5.39. The molecule has 5 heteroatoms.